The number of benzene rings is 2. The van der Waals surface area contributed by atoms with Crippen molar-refractivity contribution >= 4 is 11.8 Å². The molecular formula is C25H25N3O3. The first-order valence-electron chi connectivity index (χ1n) is 10.4. The second-order valence-electron chi connectivity index (χ2n) is 7.47. The van der Waals surface area contributed by atoms with E-state index in [0.29, 0.717) is 44.1 Å². The molecular weight excluding hydrogens is 390 g/mol. The molecule has 3 aromatic rings. The molecule has 4 rings (SSSR count). The maximum absolute atomic E-state index is 13.0. The van der Waals surface area contributed by atoms with Gasteiger partial charge in [0.1, 0.15) is 12.4 Å². The molecule has 1 saturated heterocycles. The summed E-state index contributed by atoms with van der Waals surface area (Å²) in [6.07, 6.45) is 1.98. The smallest absolute Gasteiger partial charge is 0.254 e. The average Bonchev–Trinajstić information content (AvgIpc) is 2.84. The molecule has 31 heavy (non-hydrogen) atoms. The van der Waals surface area contributed by atoms with Crippen molar-refractivity contribution in [3.05, 3.63) is 95.8 Å². The fourth-order valence-electron chi connectivity index (χ4n) is 3.57. The van der Waals surface area contributed by atoms with Crippen molar-refractivity contribution in [1.82, 2.24) is 14.8 Å². The molecule has 158 valence electrons. The van der Waals surface area contributed by atoms with Crippen molar-refractivity contribution in [1.29, 1.82) is 0 Å². The molecule has 6 nitrogen and oxygen atoms in total. The van der Waals surface area contributed by atoms with Crippen molar-refractivity contribution in [2.24, 2.45) is 0 Å². The van der Waals surface area contributed by atoms with E-state index in [2.05, 4.69) is 4.98 Å². The molecule has 6 heteroatoms. The zero-order valence-corrected chi connectivity index (χ0v) is 17.3. The Morgan fingerprint density at radius 1 is 0.839 bits per heavy atom. The predicted octanol–water partition coefficient (Wildman–Crippen LogP) is 3.19. The van der Waals surface area contributed by atoms with Gasteiger partial charge in [-0.25, -0.2) is 0 Å². The molecule has 1 aliphatic heterocycles. The zero-order valence-electron chi connectivity index (χ0n) is 17.3. The first kappa shape index (κ1) is 20.6. The summed E-state index contributed by atoms with van der Waals surface area (Å²) in [7, 11) is 0. The van der Waals surface area contributed by atoms with E-state index in [4.69, 9.17) is 4.74 Å². The largest absolute Gasteiger partial charge is 0.489 e. The van der Waals surface area contributed by atoms with Gasteiger partial charge in [0.25, 0.3) is 5.91 Å². The van der Waals surface area contributed by atoms with E-state index in [-0.39, 0.29) is 18.2 Å². The van der Waals surface area contributed by atoms with E-state index in [1.165, 1.54) is 0 Å². The molecule has 0 N–H and O–H groups in total. The minimum absolute atomic E-state index is 0.0398. The van der Waals surface area contributed by atoms with Crippen LogP contribution in [0.4, 0.5) is 0 Å². The van der Waals surface area contributed by atoms with Crippen LogP contribution in [-0.4, -0.2) is 52.8 Å². The van der Waals surface area contributed by atoms with Crippen molar-refractivity contribution in [3.63, 3.8) is 0 Å². The van der Waals surface area contributed by atoms with Crippen LogP contribution in [0.3, 0.4) is 0 Å². The molecule has 0 atom stereocenters. The van der Waals surface area contributed by atoms with E-state index in [1.54, 1.807) is 28.1 Å². The zero-order chi connectivity index (χ0) is 21.5. The van der Waals surface area contributed by atoms with Crippen LogP contribution in [0.1, 0.15) is 21.6 Å². The number of hydrogen-bond donors (Lipinski definition) is 0. The van der Waals surface area contributed by atoms with Crippen LogP contribution in [0.25, 0.3) is 0 Å². The highest BCUT2D eigenvalue weighted by Gasteiger charge is 2.25. The highest BCUT2D eigenvalue weighted by Crippen LogP contribution is 2.18. The summed E-state index contributed by atoms with van der Waals surface area (Å²) in [4.78, 5) is 33.3. The Balaban J connectivity index is 1.30. The Labute approximate surface area is 182 Å². The van der Waals surface area contributed by atoms with E-state index in [0.717, 1.165) is 11.3 Å². The summed E-state index contributed by atoms with van der Waals surface area (Å²) in [5, 5.41) is 0. The fraction of sp³-hybridized carbons (Fsp3) is 0.240. The van der Waals surface area contributed by atoms with Crippen molar-refractivity contribution in [3.8, 4) is 5.75 Å². The number of nitrogens with zero attached hydrogens (tertiary/aromatic N) is 3. The van der Waals surface area contributed by atoms with Gasteiger partial charge in [-0.1, -0.05) is 42.5 Å². The third-order valence-corrected chi connectivity index (χ3v) is 5.31. The van der Waals surface area contributed by atoms with E-state index in [1.807, 2.05) is 60.7 Å². The number of ether oxygens (including phenoxy) is 1. The van der Waals surface area contributed by atoms with Gasteiger partial charge in [0.15, 0.2) is 0 Å². The Bertz CT molecular complexity index is 1020. The van der Waals surface area contributed by atoms with Crippen LogP contribution >= 0.6 is 0 Å². The quantitative estimate of drug-likeness (QED) is 0.620. The molecule has 0 spiro atoms. The number of carbonyl (C=O) groups excluding carboxylic acids is 2. The van der Waals surface area contributed by atoms with Gasteiger partial charge in [-0.3, -0.25) is 14.6 Å². The van der Waals surface area contributed by atoms with Crippen LogP contribution in [0.5, 0.6) is 5.75 Å². The van der Waals surface area contributed by atoms with E-state index >= 15 is 0 Å². The fourth-order valence-corrected chi connectivity index (χ4v) is 3.57. The average molecular weight is 415 g/mol. The van der Waals surface area contributed by atoms with Crippen LogP contribution in [0.2, 0.25) is 0 Å². The Morgan fingerprint density at radius 2 is 1.58 bits per heavy atom. The molecule has 0 unspecified atom stereocenters. The monoisotopic (exact) mass is 415 g/mol. The van der Waals surface area contributed by atoms with Crippen molar-refractivity contribution in [2.75, 3.05) is 26.2 Å². The van der Waals surface area contributed by atoms with Gasteiger partial charge in [-0.2, -0.15) is 0 Å². The number of carbonyl (C=O) groups is 2. The van der Waals surface area contributed by atoms with Gasteiger partial charge in [-0.05, 0) is 35.9 Å². The maximum atomic E-state index is 13.0. The molecule has 0 radical (unpaired) electrons. The first-order valence-corrected chi connectivity index (χ1v) is 10.4. The normalized spacial score (nSPS) is 13.7. The maximum Gasteiger partial charge on any atom is 0.254 e. The molecule has 2 heterocycles. The van der Waals surface area contributed by atoms with Crippen LogP contribution in [-0.2, 0) is 17.8 Å². The topological polar surface area (TPSA) is 62.7 Å². The van der Waals surface area contributed by atoms with Crippen LogP contribution in [0.15, 0.2) is 79.0 Å². The number of hydrogen-bond acceptors (Lipinski definition) is 4. The Hall–Kier alpha value is -3.67. The molecule has 0 saturated carbocycles. The number of piperazine rings is 1. The van der Waals surface area contributed by atoms with Gasteiger partial charge in [0, 0.05) is 43.6 Å². The SMILES string of the molecule is O=C(Cc1ccccn1)N1CCN(C(=O)c2cccc(OCc3ccccc3)c2)CC1. The Kier molecular flexibility index (Phi) is 6.57. The third kappa shape index (κ3) is 5.48. The summed E-state index contributed by atoms with van der Waals surface area (Å²) in [6, 6.07) is 22.8. The molecule has 0 bridgehead atoms. The highest BCUT2D eigenvalue weighted by atomic mass is 16.5. The molecule has 2 amide bonds. The number of amides is 2. The number of aromatic nitrogens is 1. The van der Waals surface area contributed by atoms with Gasteiger partial charge in [0.2, 0.25) is 5.91 Å². The minimum atomic E-state index is -0.0398. The van der Waals surface area contributed by atoms with E-state index < -0.39 is 0 Å². The van der Waals surface area contributed by atoms with Crippen LogP contribution < -0.4 is 4.74 Å². The van der Waals surface area contributed by atoms with Gasteiger partial charge in [-0.15, -0.1) is 0 Å². The summed E-state index contributed by atoms with van der Waals surface area (Å²) in [5.41, 5.74) is 2.43. The lowest BCUT2D eigenvalue weighted by molar-refractivity contribution is -0.132. The third-order valence-electron chi connectivity index (χ3n) is 5.31. The van der Waals surface area contributed by atoms with E-state index in [9.17, 15) is 9.59 Å². The van der Waals surface area contributed by atoms with Crippen molar-refractivity contribution in [2.45, 2.75) is 13.0 Å². The van der Waals surface area contributed by atoms with Gasteiger partial charge >= 0.3 is 0 Å². The lowest BCUT2D eigenvalue weighted by Gasteiger charge is -2.35. The number of pyridine rings is 1. The predicted molar refractivity (Wildman–Crippen MR) is 118 cm³/mol. The lowest BCUT2D eigenvalue weighted by Crippen LogP contribution is -2.51. The summed E-state index contributed by atoms with van der Waals surface area (Å²) in [5.74, 6) is 0.669. The van der Waals surface area contributed by atoms with Gasteiger partial charge < -0.3 is 14.5 Å². The standard InChI is InChI=1S/C25H25N3O3/c29-24(18-22-10-4-5-12-26-22)27-13-15-28(16-14-27)25(30)21-9-6-11-23(17-21)31-19-20-7-2-1-3-8-20/h1-12,17H,13-16,18-19H2. The number of rotatable bonds is 6. The summed E-state index contributed by atoms with van der Waals surface area (Å²) in [6.45, 7) is 2.54. The molecule has 1 aliphatic rings. The Morgan fingerprint density at radius 3 is 2.32 bits per heavy atom. The summed E-state index contributed by atoms with van der Waals surface area (Å²) < 4.78 is 5.85. The molecule has 0 aliphatic carbocycles. The minimum Gasteiger partial charge on any atom is -0.489 e. The second kappa shape index (κ2) is 9.89. The lowest BCUT2D eigenvalue weighted by atomic mass is 10.1. The highest BCUT2D eigenvalue weighted by molar-refractivity contribution is 5.94. The molecule has 2 aromatic carbocycles. The molecule has 1 aromatic heterocycles. The second-order valence-corrected chi connectivity index (χ2v) is 7.47. The summed E-state index contributed by atoms with van der Waals surface area (Å²) >= 11 is 0. The first-order chi connectivity index (χ1) is 15.2. The van der Waals surface area contributed by atoms with Crippen LogP contribution in [0, 0.1) is 0 Å². The van der Waals surface area contributed by atoms with Crippen molar-refractivity contribution < 1.29 is 14.3 Å². The molecule has 1 fully saturated rings. The van der Waals surface area contributed by atoms with Gasteiger partial charge in [0.05, 0.1) is 6.42 Å².